The van der Waals surface area contributed by atoms with Crippen LogP contribution in [0.15, 0.2) is 92.9 Å². The van der Waals surface area contributed by atoms with Crippen LogP contribution in [0.2, 0.25) is 20.6 Å². The zero-order valence-electron chi connectivity index (χ0n) is 15.9. The first-order chi connectivity index (χ1) is 15.5. The summed E-state index contributed by atoms with van der Waals surface area (Å²) in [5.41, 5.74) is 0. The maximum Gasteiger partial charge on any atom is 0.143 e. The predicted octanol–water partition coefficient (Wildman–Crippen LogP) is 9.17. The molecule has 0 saturated carbocycles. The summed E-state index contributed by atoms with van der Waals surface area (Å²) in [4.78, 5) is 19.6. The molecule has 0 radical (unpaired) electrons. The Morgan fingerprint density at radius 2 is 0.625 bits per heavy atom. The molecular formula is C20H12Cl4N4S4. The van der Waals surface area contributed by atoms with Crippen molar-refractivity contribution < 1.29 is 0 Å². The van der Waals surface area contributed by atoms with Gasteiger partial charge < -0.3 is 0 Å². The van der Waals surface area contributed by atoms with E-state index in [1.165, 1.54) is 43.2 Å². The van der Waals surface area contributed by atoms with E-state index >= 15 is 0 Å². The Kier molecular flexibility index (Phi) is 11.1. The van der Waals surface area contributed by atoms with Crippen LogP contribution in [0.25, 0.3) is 0 Å². The highest BCUT2D eigenvalue weighted by molar-refractivity contribution is 8.77. The molecule has 0 bridgehead atoms. The third-order valence-corrected chi connectivity index (χ3v) is 9.85. The third kappa shape index (κ3) is 8.18. The molecule has 0 spiro atoms. The number of nitrogens with zero attached hydrogens (tertiary/aromatic N) is 4. The monoisotopic (exact) mass is 576 g/mol. The zero-order chi connectivity index (χ0) is 22.8. The van der Waals surface area contributed by atoms with Crippen molar-refractivity contribution >= 4 is 89.6 Å². The van der Waals surface area contributed by atoms with Crippen LogP contribution < -0.4 is 0 Å². The van der Waals surface area contributed by atoms with Gasteiger partial charge in [-0.25, -0.2) is 19.9 Å². The fraction of sp³-hybridized carbons (Fsp3) is 0. The van der Waals surface area contributed by atoms with Crippen molar-refractivity contribution in [2.24, 2.45) is 0 Å². The molecule has 4 nitrogen and oxygen atoms in total. The van der Waals surface area contributed by atoms with E-state index < -0.39 is 0 Å². The van der Waals surface area contributed by atoms with Crippen molar-refractivity contribution in [2.75, 3.05) is 0 Å². The Morgan fingerprint density at radius 3 is 0.812 bits per heavy atom. The van der Waals surface area contributed by atoms with E-state index in [0.29, 0.717) is 20.6 Å². The normalized spacial score (nSPS) is 10.4. The summed E-state index contributed by atoms with van der Waals surface area (Å²) in [5, 5.41) is 2.00. The fourth-order valence-corrected chi connectivity index (χ4v) is 7.48. The molecule has 0 aliphatic rings. The van der Waals surface area contributed by atoms with Gasteiger partial charge in [0.15, 0.2) is 0 Å². The average Bonchev–Trinajstić information content (AvgIpc) is 2.80. The van der Waals surface area contributed by atoms with E-state index in [9.17, 15) is 0 Å². The molecule has 4 heterocycles. The fourth-order valence-electron chi connectivity index (χ4n) is 1.91. The number of pyridine rings is 4. The first-order valence-corrected chi connectivity index (χ1v) is 14.5. The lowest BCUT2D eigenvalue weighted by Gasteiger charge is -2.03. The smallest absolute Gasteiger partial charge is 0.143 e. The lowest BCUT2D eigenvalue weighted by Crippen LogP contribution is -1.78. The highest BCUT2D eigenvalue weighted by Crippen LogP contribution is 2.42. The van der Waals surface area contributed by atoms with Crippen molar-refractivity contribution in [1.82, 2.24) is 19.9 Å². The minimum atomic E-state index is 0.500. The van der Waals surface area contributed by atoms with Gasteiger partial charge >= 0.3 is 0 Å². The summed E-state index contributed by atoms with van der Waals surface area (Å²) in [7, 11) is 6.05. The first kappa shape index (κ1) is 25.8. The lowest BCUT2D eigenvalue weighted by molar-refractivity contribution is 1.24. The topological polar surface area (TPSA) is 51.6 Å². The molecule has 4 rings (SSSR count). The summed E-state index contributed by atoms with van der Waals surface area (Å²) in [5.74, 6) is 0. The second kappa shape index (κ2) is 13.8. The van der Waals surface area contributed by atoms with Crippen molar-refractivity contribution in [1.29, 1.82) is 0 Å². The van der Waals surface area contributed by atoms with Gasteiger partial charge in [-0.1, -0.05) is 46.4 Å². The Balaban J connectivity index is 0.000000181. The zero-order valence-corrected chi connectivity index (χ0v) is 22.2. The molecule has 0 aliphatic heterocycles. The summed E-state index contributed by atoms with van der Waals surface area (Å²) in [6, 6.07) is 15.0. The van der Waals surface area contributed by atoms with Crippen LogP contribution in [0, 0.1) is 0 Å². The maximum absolute atomic E-state index is 5.94. The summed E-state index contributed by atoms with van der Waals surface area (Å²) in [6.07, 6.45) is 6.64. The molecule has 164 valence electrons. The molecule has 0 aliphatic carbocycles. The van der Waals surface area contributed by atoms with Gasteiger partial charge in [-0.05, 0) is 91.7 Å². The van der Waals surface area contributed by atoms with Crippen molar-refractivity contribution in [2.45, 2.75) is 19.6 Å². The molecular weight excluding hydrogens is 566 g/mol. The molecule has 0 atom stereocenters. The third-order valence-electron chi connectivity index (χ3n) is 3.34. The van der Waals surface area contributed by atoms with E-state index in [1.54, 1.807) is 24.8 Å². The lowest BCUT2D eigenvalue weighted by atomic mass is 10.5. The van der Waals surface area contributed by atoms with E-state index in [1.807, 2.05) is 48.5 Å². The van der Waals surface area contributed by atoms with Crippen molar-refractivity contribution in [3.63, 3.8) is 0 Å². The summed E-state index contributed by atoms with van der Waals surface area (Å²) < 4.78 is 0. The van der Waals surface area contributed by atoms with Crippen LogP contribution in [-0.2, 0) is 0 Å². The van der Waals surface area contributed by atoms with Crippen LogP contribution >= 0.6 is 89.6 Å². The molecule has 12 heteroatoms. The van der Waals surface area contributed by atoms with E-state index in [2.05, 4.69) is 19.9 Å². The van der Waals surface area contributed by atoms with E-state index in [-0.39, 0.29) is 0 Å². The maximum atomic E-state index is 5.94. The molecule has 32 heavy (non-hydrogen) atoms. The van der Waals surface area contributed by atoms with Crippen LogP contribution in [0.5, 0.6) is 0 Å². The molecule has 4 aromatic heterocycles. The summed E-state index contributed by atoms with van der Waals surface area (Å²) >= 11 is 23.7. The molecule has 0 amide bonds. The van der Waals surface area contributed by atoms with Gasteiger partial charge in [-0.2, -0.15) is 0 Å². The van der Waals surface area contributed by atoms with Gasteiger partial charge in [-0.15, -0.1) is 0 Å². The van der Waals surface area contributed by atoms with Crippen molar-refractivity contribution in [3.05, 3.63) is 93.9 Å². The molecule has 0 fully saturated rings. The number of hydrogen-bond donors (Lipinski definition) is 0. The van der Waals surface area contributed by atoms with Gasteiger partial charge in [-0.3, -0.25) is 0 Å². The minimum absolute atomic E-state index is 0.500. The molecule has 0 unspecified atom stereocenters. The van der Waals surface area contributed by atoms with E-state index in [4.69, 9.17) is 46.4 Å². The average molecular weight is 578 g/mol. The van der Waals surface area contributed by atoms with Crippen LogP contribution in [0.3, 0.4) is 0 Å². The largest absolute Gasteiger partial charge is 0.243 e. The number of rotatable bonds is 6. The minimum Gasteiger partial charge on any atom is -0.243 e. The SMILES string of the molecule is Clc1ncccc1SSc1cccnc1Cl.Clc1ncccc1SSc1cccnc1Cl. The Labute approximate surface area is 221 Å². The Bertz CT molecular complexity index is 988. The quantitative estimate of drug-likeness (QED) is 0.166. The van der Waals surface area contributed by atoms with Crippen LogP contribution in [0.1, 0.15) is 0 Å². The molecule has 0 saturated heterocycles. The van der Waals surface area contributed by atoms with Gasteiger partial charge in [0.1, 0.15) is 20.6 Å². The number of aromatic nitrogens is 4. The molecule has 4 aromatic rings. The predicted molar refractivity (Wildman–Crippen MR) is 140 cm³/mol. The van der Waals surface area contributed by atoms with Gasteiger partial charge in [0.05, 0.1) is 19.6 Å². The van der Waals surface area contributed by atoms with Gasteiger partial charge in [0.2, 0.25) is 0 Å². The second-order valence-electron chi connectivity index (χ2n) is 5.50. The highest BCUT2D eigenvalue weighted by Gasteiger charge is 2.06. The number of halogens is 4. The van der Waals surface area contributed by atoms with Crippen LogP contribution in [0.4, 0.5) is 0 Å². The first-order valence-electron chi connectivity index (χ1n) is 8.65. The molecule has 0 N–H and O–H groups in total. The van der Waals surface area contributed by atoms with E-state index in [0.717, 1.165) is 19.6 Å². The Hall–Kier alpha value is -0.840. The number of hydrogen-bond acceptors (Lipinski definition) is 8. The standard InChI is InChI=1S/2C10H6Cl2N2S2/c2*11-9-7(3-1-5-13-9)15-16-8-4-2-6-14-10(8)12/h2*1-6H. The second-order valence-corrected chi connectivity index (χ2v) is 11.4. The highest BCUT2D eigenvalue weighted by atomic mass is 35.5. The van der Waals surface area contributed by atoms with Gasteiger partial charge in [0, 0.05) is 24.8 Å². The Morgan fingerprint density at radius 1 is 0.406 bits per heavy atom. The summed E-state index contributed by atoms with van der Waals surface area (Å²) in [6.45, 7) is 0. The van der Waals surface area contributed by atoms with Gasteiger partial charge in [0.25, 0.3) is 0 Å². The molecule has 0 aromatic carbocycles. The van der Waals surface area contributed by atoms with Crippen LogP contribution in [-0.4, -0.2) is 19.9 Å². The van der Waals surface area contributed by atoms with Crippen molar-refractivity contribution in [3.8, 4) is 0 Å².